The van der Waals surface area contributed by atoms with Crippen LogP contribution in [0.1, 0.15) is 90.9 Å². The summed E-state index contributed by atoms with van der Waals surface area (Å²) in [5.41, 5.74) is 0.785. The number of hydrogen-bond donors (Lipinski definition) is 2. The fourth-order valence-electron chi connectivity index (χ4n) is 9.60. The number of hydrogen-bond acceptors (Lipinski definition) is 5. The fraction of sp³-hybridized carbons (Fsp3) is 0.833. The second kappa shape index (κ2) is 8.42. The summed E-state index contributed by atoms with van der Waals surface area (Å²) in [6, 6.07) is 0. The topological polar surface area (TPSA) is 76.0 Å². The lowest BCUT2D eigenvalue weighted by molar-refractivity contribution is -0.208. The molecule has 35 heavy (non-hydrogen) atoms. The molecule has 5 fully saturated rings. The van der Waals surface area contributed by atoms with Gasteiger partial charge < -0.3 is 24.5 Å². The minimum atomic E-state index is -0.934. The SMILES string of the molecule is CC#C[C@]1(O)CCC2C3CC[C@@]4(O)CC5(CCC4=C3[C@@H](C3CCC(C=O)CC3)C[C@@]21C)OCCO5. The average molecular weight is 483 g/mol. The first-order chi connectivity index (χ1) is 16.8. The van der Waals surface area contributed by atoms with Gasteiger partial charge in [-0.1, -0.05) is 18.4 Å². The van der Waals surface area contributed by atoms with Gasteiger partial charge in [0.15, 0.2) is 5.79 Å². The summed E-state index contributed by atoms with van der Waals surface area (Å²) in [4.78, 5) is 11.5. The molecule has 0 amide bonds. The number of rotatable bonds is 2. The van der Waals surface area contributed by atoms with E-state index in [2.05, 4.69) is 18.8 Å². The molecule has 1 saturated heterocycles. The first-order valence-electron chi connectivity index (χ1n) is 14.1. The van der Waals surface area contributed by atoms with Crippen LogP contribution in [0.25, 0.3) is 0 Å². The van der Waals surface area contributed by atoms with E-state index in [1.54, 1.807) is 0 Å². The lowest BCUT2D eigenvalue weighted by Crippen LogP contribution is -2.56. The smallest absolute Gasteiger partial charge is 0.171 e. The molecule has 0 radical (unpaired) electrons. The zero-order valence-corrected chi connectivity index (χ0v) is 21.5. The Morgan fingerprint density at radius 1 is 0.971 bits per heavy atom. The molecule has 4 saturated carbocycles. The van der Waals surface area contributed by atoms with Crippen molar-refractivity contribution in [3.63, 3.8) is 0 Å². The molecule has 1 aliphatic heterocycles. The van der Waals surface area contributed by atoms with Gasteiger partial charge in [-0.25, -0.2) is 0 Å². The molecule has 1 spiro atoms. The Hall–Kier alpha value is -1.19. The fourth-order valence-corrected chi connectivity index (χ4v) is 9.60. The van der Waals surface area contributed by atoms with E-state index in [-0.39, 0.29) is 11.3 Å². The number of fused-ring (bicyclic) bond motifs is 4. The van der Waals surface area contributed by atoms with Gasteiger partial charge in [0.25, 0.3) is 0 Å². The van der Waals surface area contributed by atoms with Crippen molar-refractivity contribution in [3.05, 3.63) is 11.1 Å². The number of allylic oxidation sites excluding steroid dienone is 1. The highest BCUT2D eigenvalue weighted by Crippen LogP contribution is 2.67. The Bertz CT molecular complexity index is 961. The number of aliphatic hydroxyl groups is 2. The van der Waals surface area contributed by atoms with Gasteiger partial charge in [0.05, 0.1) is 18.8 Å². The van der Waals surface area contributed by atoms with Crippen LogP contribution in [-0.2, 0) is 14.3 Å². The molecule has 0 aromatic rings. The highest BCUT2D eigenvalue weighted by Gasteiger charge is 2.65. The third kappa shape index (κ3) is 3.54. The number of ether oxygens (including phenoxy) is 2. The van der Waals surface area contributed by atoms with Crippen LogP contribution in [0.4, 0.5) is 0 Å². The van der Waals surface area contributed by atoms with E-state index < -0.39 is 17.0 Å². The zero-order valence-electron chi connectivity index (χ0n) is 21.5. The van der Waals surface area contributed by atoms with Crippen molar-refractivity contribution in [1.29, 1.82) is 0 Å². The van der Waals surface area contributed by atoms with E-state index in [0.717, 1.165) is 76.9 Å². The van der Waals surface area contributed by atoms with Crippen LogP contribution < -0.4 is 0 Å². The molecule has 1 heterocycles. The Balaban J connectivity index is 1.42. The molecular weight excluding hydrogens is 440 g/mol. The van der Waals surface area contributed by atoms with Gasteiger partial charge in [0.1, 0.15) is 11.9 Å². The number of carbonyl (C=O) groups excluding carboxylic acids is 1. The van der Waals surface area contributed by atoms with Gasteiger partial charge in [-0.05, 0) is 100 Å². The largest absolute Gasteiger partial charge is 0.385 e. The van der Waals surface area contributed by atoms with E-state index >= 15 is 0 Å². The Labute approximate surface area is 210 Å². The molecule has 5 aliphatic carbocycles. The van der Waals surface area contributed by atoms with Crippen molar-refractivity contribution in [1.82, 2.24) is 0 Å². The quantitative estimate of drug-likeness (QED) is 0.343. The molecule has 192 valence electrons. The molecule has 5 heteroatoms. The summed E-state index contributed by atoms with van der Waals surface area (Å²) in [6.45, 7) is 5.38. The van der Waals surface area contributed by atoms with Crippen LogP contribution in [0.2, 0.25) is 0 Å². The van der Waals surface area contributed by atoms with Gasteiger partial charge in [-0.2, -0.15) is 0 Å². The second-order valence-corrected chi connectivity index (χ2v) is 12.8. The molecule has 2 N–H and O–H groups in total. The lowest BCUT2D eigenvalue weighted by atomic mass is 9.48. The summed E-state index contributed by atoms with van der Waals surface area (Å²) in [5.74, 6) is 7.54. The van der Waals surface area contributed by atoms with Crippen molar-refractivity contribution in [3.8, 4) is 11.8 Å². The molecule has 0 aromatic heterocycles. The van der Waals surface area contributed by atoms with Gasteiger partial charge in [-0.3, -0.25) is 0 Å². The van der Waals surface area contributed by atoms with Gasteiger partial charge >= 0.3 is 0 Å². The first-order valence-corrected chi connectivity index (χ1v) is 14.1. The maximum atomic E-state index is 12.1. The van der Waals surface area contributed by atoms with Gasteiger partial charge in [0.2, 0.25) is 0 Å². The third-order valence-electron chi connectivity index (χ3n) is 11.3. The van der Waals surface area contributed by atoms with Crippen LogP contribution in [0.3, 0.4) is 0 Å². The summed E-state index contributed by atoms with van der Waals surface area (Å²) in [7, 11) is 0. The second-order valence-electron chi connectivity index (χ2n) is 12.8. The maximum Gasteiger partial charge on any atom is 0.171 e. The highest BCUT2D eigenvalue weighted by atomic mass is 16.7. The Morgan fingerprint density at radius 2 is 1.71 bits per heavy atom. The van der Waals surface area contributed by atoms with Crippen molar-refractivity contribution >= 4 is 6.29 Å². The highest BCUT2D eigenvalue weighted by molar-refractivity contribution is 5.53. The van der Waals surface area contributed by atoms with E-state index in [9.17, 15) is 15.0 Å². The van der Waals surface area contributed by atoms with Crippen molar-refractivity contribution < 1.29 is 24.5 Å². The molecular formula is C30H42O5. The average Bonchev–Trinajstić information content (AvgIpc) is 3.40. The molecule has 0 aromatic carbocycles. The molecule has 6 atom stereocenters. The van der Waals surface area contributed by atoms with E-state index in [4.69, 9.17) is 9.47 Å². The van der Waals surface area contributed by atoms with Crippen LogP contribution in [0.5, 0.6) is 0 Å². The predicted octanol–water partition coefficient (Wildman–Crippen LogP) is 4.55. The Morgan fingerprint density at radius 3 is 2.40 bits per heavy atom. The summed E-state index contributed by atoms with van der Waals surface area (Å²) in [5, 5.41) is 23.9. The molecule has 6 rings (SSSR count). The Kier molecular flexibility index (Phi) is 5.81. The first kappa shape index (κ1) is 24.2. The predicted molar refractivity (Wildman–Crippen MR) is 132 cm³/mol. The standard InChI is InChI=1S/C30H42O5/c1-3-11-29(33)13-9-24-22-8-12-28(32)19-30(34-15-16-35-30)14-10-25(28)26(22)23(17-27(24,29)2)21-6-4-20(18-31)5-7-21/h18,20-24,32-33H,4-10,12-17,19H2,1-2H3/t20?,21?,22?,23-,24?,27+,28-,29+/m1/s1. The van der Waals surface area contributed by atoms with E-state index in [1.807, 2.05) is 6.92 Å². The molecule has 5 nitrogen and oxygen atoms in total. The number of aldehydes is 1. The van der Waals surface area contributed by atoms with Crippen LogP contribution >= 0.6 is 0 Å². The van der Waals surface area contributed by atoms with Gasteiger partial charge in [0, 0.05) is 24.2 Å². The van der Waals surface area contributed by atoms with Gasteiger partial charge in [-0.15, -0.1) is 5.92 Å². The summed E-state index contributed by atoms with van der Waals surface area (Å²) < 4.78 is 12.1. The van der Waals surface area contributed by atoms with Crippen molar-refractivity contribution in [2.24, 2.45) is 35.0 Å². The monoisotopic (exact) mass is 482 g/mol. The maximum absolute atomic E-state index is 12.1. The normalized spacial score (nSPS) is 48.5. The third-order valence-corrected chi connectivity index (χ3v) is 11.3. The molecule has 2 unspecified atom stereocenters. The van der Waals surface area contributed by atoms with E-state index in [1.165, 1.54) is 11.1 Å². The molecule has 0 bridgehead atoms. The van der Waals surface area contributed by atoms with Crippen LogP contribution in [0.15, 0.2) is 11.1 Å². The zero-order chi connectivity index (χ0) is 24.5. The minimum Gasteiger partial charge on any atom is -0.385 e. The van der Waals surface area contributed by atoms with E-state index in [0.29, 0.717) is 43.3 Å². The van der Waals surface area contributed by atoms with Crippen molar-refractivity contribution in [2.45, 2.75) is 108 Å². The van der Waals surface area contributed by atoms with Crippen LogP contribution in [0, 0.1) is 46.8 Å². The number of carbonyl (C=O) groups is 1. The van der Waals surface area contributed by atoms with Crippen LogP contribution in [-0.4, -0.2) is 46.7 Å². The summed E-state index contributed by atoms with van der Waals surface area (Å²) in [6.07, 6.45) is 11.8. The minimum absolute atomic E-state index is 0.190. The molecule has 6 aliphatic rings. The summed E-state index contributed by atoms with van der Waals surface area (Å²) >= 11 is 0. The lowest BCUT2D eigenvalue weighted by Gasteiger charge is -2.58. The van der Waals surface area contributed by atoms with Crippen molar-refractivity contribution in [2.75, 3.05) is 13.2 Å².